The molecule has 3 nitrogen and oxygen atoms in total. The second-order valence-corrected chi connectivity index (χ2v) is 6.22. The van der Waals surface area contributed by atoms with Gasteiger partial charge >= 0.3 is 0 Å². The van der Waals surface area contributed by atoms with Gasteiger partial charge in [0.15, 0.2) is 0 Å². The highest BCUT2D eigenvalue weighted by atomic mass is 35.5. The van der Waals surface area contributed by atoms with Crippen LogP contribution in [0.15, 0.2) is 36.5 Å². The zero-order valence-corrected chi connectivity index (χ0v) is 12.9. The van der Waals surface area contributed by atoms with Crippen molar-refractivity contribution in [3.63, 3.8) is 0 Å². The van der Waals surface area contributed by atoms with Gasteiger partial charge in [-0.3, -0.25) is 9.78 Å². The van der Waals surface area contributed by atoms with E-state index in [-0.39, 0.29) is 17.3 Å². The van der Waals surface area contributed by atoms with Crippen molar-refractivity contribution in [2.24, 2.45) is 0 Å². The molecule has 0 bridgehead atoms. The van der Waals surface area contributed by atoms with Gasteiger partial charge in [-0.15, -0.1) is 11.6 Å². The quantitative estimate of drug-likeness (QED) is 0.789. The summed E-state index contributed by atoms with van der Waals surface area (Å²) in [5.74, 6) is 0.0335. The summed E-state index contributed by atoms with van der Waals surface area (Å²) in [6.45, 7) is 0. The van der Waals surface area contributed by atoms with Gasteiger partial charge in [0.2, 0.25) is 0 Å². The van der Waals surface area contributed by atoms with Crippen molar-refractivity contribution < 1.29 is 4.79 Å². The van der Waals surface area contributed by atoms with E-state index >= 15 is 0 Å². The summed E-state index contributed by atoms with van der Waals surface area (Å²) in [5.41, 5.74) is 1.56. The number of halogens is 1. The first-order valence-electron chi connectivity index (χ1n) is 7.43. The van der Waals surface area contributed by atoms with Gasteiger partial charge in [-0.25, -0.2) is 0 Å². The Morgan fingerprint density at radius 2 is 2.00 bits per heavy atom. The molecule has 2 atom stereocenters. The van der Waals surface area contributed by atoms with Crippen LogP contribution in [0.25, 0.3) is 10.9 Å². The lowest BCUT2D eigenvalue weighted by molar-refractivity contribution is 0.0702. The van der Waals surface area contributed by atoms with Crippen LogP contribution in [0.4, 0.5) is 0 Å². The largest absolute Gasteiger partial charge is 0.337 e. The Bertz CT molecular complexity index is 653. The minimum Gasteiger partial charge on any atom is -0.337 e. The van der Waals surface area contributed by atoms with Crippen molar-refractivity contribution >= 4 is 28.4 Å². The topological polar surface area (TPSA) is 33.2 Å². The number of pyridine rings is 1. The fourth-order valence-corrected chi connectivity index (χ4v) is 3.57. The SMILES string of the molecule is CN(C(=O)c1ccnc2ccccc12)C1CCCCC1Cl. The van der Waals surface area contributed by atoms with Crippen LogP contribution in [0.5, 0.6) is 0 Å². The van der Waals surface area contributed by atoms with E-state index in [1.807, 2.05) is 36.2 Å². The van der Waals surface area contributed by atoms with Gasteiger partial charge < -0.3 is 4.90 Å². The van der Waals surface area contributed by atoms with Crippen LogP contribution in [0.2, 0.25) is 0 Å². The average molecular weight is 303 g/mol. The van der Waals surface area contributed by atoms with Crippen molar-refractivity contribution in [2.75, 3.05) is 7.05 Å². The number of carbonyl (C=O) groups is 1. The number of para-hydroxylation sites is 1. The lowest BCUT2D eigenvalue weighted by Gasteiger charge is -2.35. The highest BCUT2D eigenvalue weighted by Gasteiger charge is 2.30. The van der Waals surface area contributed by atoms with Crippen molar-refractivity contribution in [3.8, 4) is 0 Å². The minimum absolute atomic E-state index is 0.0335. The van der Waals surface area contributed by atoms with Crippen LogP contribution in [-0.2, 0) is 0 Å². The van der Waals surface area contributed by atoms with Gasteiger partial charge in [-0.05, 0) is 25.0 Å². The Labute approximate surface area is 129 Å². The first-order valence-corrected chi connectivity index (χ1v) is 7.87. The molecule has 1 amide bonds. The second kappa shape index (κ2) is 6.02. The number of benzene rings is 1. The fourth-order valence-electron chi connectivity index (χ4n) is 3.13. The average Bonchev–Trinajstić information content (AvgIpc) is 2.53. The van der Waals surface area contributed by atoms with Crippen molar-refractivity contribution in [3.05, 3.63) is 42.1 Å². The van der Waals surface area contributed by atoms with Crippen molar-refractivity contribution in [1.82, 2.24) is 9.88 Å². The highest BCUT2D eigenvalue weighted by Crippen LogP contribution is 2.28. The molecular weight excluding hydrogens is 284 g/mol. The number of aromatic nitrogens is 1. The fraction of sp³-hybridized carbons (Fsp3) is 0.412. The Morgan fingerprint density at radius 1 is 1.24 bits per heavy atom. The van der Waals surface area contributed by atoms with Crippen LogP contribution in [0, 0.1) is 0 Å². The Morgan fingerprint density at radius 3 is 2.81 bits per heavy atom. The summed E-state index contributed by atoms with van der Waals surface area (Å²) in [4.78, 5) is 19.0. The summed E-state index contributed by atoms with van der Waals surface area (Å²) in [6.07, 6.45) is 5.97. The third kappa shape index (κ3) is 2.75. The predicted octanol–water partition coefficient (Wildman–Crippen LogP) is 3.86. The molecule has 0 aliphatic heterocycles. The first kappa shape index (κ1) is 14.3. The number of fused-ring (bicyclic) bond motifs is 1. The number of carbonyl (C=O) groups excluding carboxylic acids is 1. The smallest absolute Gasteiger partial charge is 0.254 e. The molecule has 1 saturated carbocycles. The van der Waals surface area contributed by atoms with E-state index in [2.05, 4.69) is 4.98 Å². The third-order valence-electron chi connectivity index (χ3n) is 4.34. The van der Waals surface area contributed by atoms with Gasteiger partial charge in [-0.2, -0.15) is 0 Å². The minimum atomic E-state index is 0.0335. The molecule has 0 N–H and O–H groups in total. The Kier molecular flexibility index (Phi) is 4.11. The predicted molar refractivity (Wildman–Crippen MR) is 85.7 cm³/mol. The Balaban J connectivity index is 1.93. The highest BCUT2D eigenvalue weighted by molar-refractivity contribution is 6.21. The molecule has 1 aromatic carbocycles. The molecule has 1 aromatic heterocycles. The van der Waals surface area contributed by atoms with E-state index in [4.69, 9.17) is 11.6 Å². The molecule has 3 rings (SSSR count). The molecule has 21 heavy (non-hydrogen) atoms. The molecule has 110 valence electrons. The standard InChI is InChI=1S/C17H19ClN2O/c1-20(16-9-5-3-7-14(16)18)17(21)13-10-11-19-15-8-4-2-6-12(13)15/h2,4,6,8,10-11,14,16H,3,5,7,9H2,1H3. The molecule has 1 fully saturated rings. The molecule has 1 aliphatic carbocycles. The second-order valence-electron chi connectivity index (χ2n) is 5.66. The van der Waals surface area contributed by atoms with Gasteiger partial charge in [0.05, 0.1) is 16.5 Å². The van der Waals surface area contributed by atoms with Gasteiger partial charge in [-0.1, -0.05) is 31.0 Å². The monoisotopic (exact) mass is 302 g/mol. The summed E-state index contributed by atoms with van der Waals surface area (Å²) in [7, 11) is 1.86. The maximum atomic E-state index is 12.8. The van der Waals surface area contributed by atoms with E-state index in [0.717, 1.165) is 36.6 Å². The molecule has 1 aliphatic rings. The molecule has 2 aromatic rings. The van der Waals surface area contributed by atoms with E-state index in [0.29, 0.717) is 5.56 Å². The molecule has 4 heteroatoms. The Hall–Kier alpha value is -1.61. The van der Waals surface area contributed by atoms with Crippen molar-refractivity contribution in [2.45, 2.75) is 37.1 Å². The number of nitrogens with zero attached hydrogens (tertiary/aromatic N) is 2. The van der Waals surface area contributed by atoms with E-state index in [1.165, 1.54) is 0 Å². The number of amides is 1. The van der Waals surface area contributed by atoms with Gasteiger partial charge in [0, 0.05) is 24.7 Å². The van der Waals surface area contributed by atoms with Gasteiger partial charge in [0.1, 0.15) is 0 Å². The number of rotatable bonds is 2. The van der Waals surface area contributed by atoms with E-state index in [1.54, 1.807) is 12.3 Å². The molecule has 0 spiro atoms. The summed E-state index contributed by atoms with van der Waals surface area (Å²) in [5, 5.41) is 0.958. The van der Waals surface area contributed by atoms with Crippen LogP contribution in [0.3, 0.4) is 0 Å². The number of hydrogen-bond acceptors (Lipinski definition) is 2. The molecule has 1 heterocycles. The lowest BCUT2D eigenvalue weighted by atomic mass is 9.93. The lowest BCUT2D eigenvalue weighted by Crippen LogP contribution is -2.44. The van der Waals surface area contributed by atoms with Crippen LogP contribution in [-0.4, -0.2) is 34.3 Å². The molecule has 2 unspecified atom stereocenters. The van der Waals surface area contributed by atoms with Gasteiger partial charge in [0.25, 0.3) is 5.91 Å². The van der Waals surface area contributed by atoms with E-state index in [9.17, 15) is 4.79 Å². The summed E-state index contributed by atoms with van der Waals surface area (Å²) >= 11 is 6.42. The molecule has 0 radical (unpaired) electrons. The maximum Gasteiger partial charge on any atom is 0.254 e. The normalized spacial score (nSPS) is 22.2. The zero-order chi connectivity index (χ0) is 14.8. The number of hydrogen-bond donors (Lipinski definition) is 0. The summed E-state index contributed by atoms with van der Waals surface area (Å²) < 4.78 is 0. The third-order valence-corrected chi connectivity index (χ3v) is 4.85. The molecular formula is C17H19ClN2O. The van der Waals surface area contributed by atoms with Crippen LogP contribution < -0.4 is 0 Å². The van der Waals surface area contributed by atoms with E-state index < -0.39 is 0 Å². The first-order chi connectivity index (χ1) is 10.2. The zero-order valence-electron chi connectivity index (χ0n) is 12.1. The van der Waals surface area contributed by atoms with Crippen molar-refractivity contribution in [1.29, 1.82) is 0 Å². The molecule has 0 saturated heterocycles. The number of alkyl halides is 1. The maximum absolute atomic E-state index is 12.8. The summed E-state index contributed by atoms with van der Waals surface area (Å²) in [6, 6.07) is 9.67. The van der Waals surface area contributed by atoms with Crippen LogP contribution in [0.1, 0.15) is 36.0 Å². The van der Waals surface area contributed by atoms with Crippen LogP contribution >= 0.6 is 11.6 Å².